The van der Waals surface area contributed by atoms with Crippen LogP contribution in [0.2, 0.25) is 0 Å². The highest BCUT2D eigenvalue weighted by atomic mass is 16.4. The number of carbonyl (C=O) groups excluding carboxylic acids is 1. The second-order valence-corrected chi connectivity index (χ2v) is 4.45. The average Bonchev–Trinajstić information content (AvgIpc) is 2.59. The van der Waals surface area contributed by atoms with Gasteiger partial charge in [-0.1, -0.05) is 6.42 Å². The highest BCUT2D eigenvalue weighted by Gasteiger charge is 2.50. The lowest BCUT2D eigenvalue weighted by atomic mass is 9.90. The lowest BCUT2D eigenvalue weighted by Gasteiger charge is -2.14. The normalized spacial score (nSPS) is 40.9. The summed E-state index contributed by atoms with van der Waals surface area (Å²) in [5, 5.41) is 9.01. The van der Waals surface area contributed by atoms with Crippen molar-refractivity contribution in [2.75, 3.05) is 0 Å². The number of rotatable bonds is 2. The molecule has 3 N–H and O–H groups in total. The molecular weight excluding hydrogens is 182 g/mol. The third-order valence-corrected chi connectivity index (χ3v) is 3.85. The number of nitrogens with two attached hydrogens (primary N) is 1. The first-order valence-corrected chi connectivity index (χ1v) is 5.13. The van der Waals surface area contributed by atoms with Crippen LogP contribution >= 0.6 is 0 Å². The molecule has 2 aliphatic rings. The van der Waals surface area contributed by atoms with E-state index in [0.717, 1.165) is 19.3 Å². The van der Waals surface area contributed by atoms with Crippen molar-refractivity contribution < 1.29 is 14.7 Å². The summed E-state index contributed by atoms with van der Waals surface area (Å²) in [6.45, 7) is 0. The van der Waals surface area contributed by atoms with Gasteiger partial charge < -0.3 is 10.8 Å². The Kier molecular flexibility index (Phi) is 2.21. The summed E-state index contributed by atoms with van der Waals surface area (Å²) in [6.07, 6.45) is 3.43. The molecule has 0 aliphatic heterocycles. The number of aliphatic carboxylic acids is 1. The Bertz CT molecular complexity index is 251. The van der Waals surface area contributed by atoms with Crippen molar-refractivity contribution in [1.29, 1.82) is 0 Å². The topological polar surface area (TPSA) is 80.4 Å². The van der Waals surface area contributed by atoms with Crippen LogP contribution < -0.4 is 5.73 Å². The summed E-state index contributed by atoms with van der Waals surface area (Å²) in [7, 11) is 0. The minimum Gasteiger partial charge on any atom is -0.481 e. The van der Waals surface area contributed by atoms with E-state index in [-0.39, 0.29) is 29.6 Å². The molecule has 2 saturated carbocycles. The van der Waals surface area contributed by atoms with Crippen molar-refractivity contribution in [1.82, 2.24) is 0 Å². The van der Waals surface area contributed by atoms with Crippen LogP contribution in [0.25, 0.3) is 0 Å². The second-order valence-electron chi connectivity index (χ2n) is 4.45. The molecule has 2 rings (SSSR count). The van der Waals surface area contributed by atoms with Gasteiger partial charge in [0.05, 0.1) is 5.92 Å². The van der Waals surface area contributed by atoms with Gasteiger partial charge in [-0.15, -0.1) is 0 Å². The maximum Gasteiger partial charge on any atom is 0.306 e. The van der Waals surface area contributed by atoms with Gasteiger partial charge in [-0.3, -0.25) is 9.59 Å². The van der Waals surface area contributed by atoms with E-state index in [1.807, 2.05) is 0 Å². The fourth-order valence-corrected chi connectivity index (χ4v) is 3.25. The summed E-state index contributed by atoms with van der Waals surface area (Å²) < 4.78 is 0. The number of amides is 1. The van der Waals surface area contributed by atoms with Crippen LogP contribution in [0.15, 0.2) is 0 Å². The monoisotopic (exact) mass is 197 g/mol. The van der Waals surface area contributed by atoms with Gasteiger partial charge in [0, 0.05) is 5.92 Å². The molecule has 4 atom stereocenters. The number of carbonyl (C=O) groups is 2. The minimum absolute atomic E-state index is 0.191. The van der Waals surface area contributed by atoms with Crippen LogP contribution in [0.4, 0.5) is 0 Å². The highest BCUT2D eigenvalue weighted by molar-refractivity contribution is 5.80. The average molecular weight is 197 g/mol. The van der Waals surface area contributed by atoms with Crippen LogP contribution in [0.3, 0.4) is 0 Å². The van der Waals surface area contributed by atoms with Crippen molar-refractivity contribution >= 4 is 11.9 Å². The first-order chi connectivity index (χ1) is 6.61. The Morgan fingerprint density at radius 2 is 1.71 bits per heavy atom. The van der Waals surface area contributed by atoms with Crippen molar-refractivity contribution in [2.24, 2.45) is 29.4 Å². The molecule has 4 nitrogen and oxygen atoms in total. The highest BCUT2D eigenvalue weighted by Crippen LogP contribution is 2.50. The third-order valence-electron chi connectivity index (χ3n) is 3.85. The molecule has 4 heteroatoms. The second kappa shape index (κ2) is 3.26. The molecule has 78 valence electrons. The van der Waals surface area contributed by atoms with Gasteiger partial charge in [0.1, 0.15) is 0 Å². The third kappa shape index (κ3) is 1.29. The molecule has 14 heavy (non-hydrogen) atoms. The van der Waals surface area contributed by atoms with E-state index in [1.165, 1.54) is 0 Å². The number of carboxylic acid groups (broad SMARTS) is 1. The minimum atomic E-state index is -0.759. The summed E-state index contributed by atoms with van der Waals surface area (Å²) in [5.74, 6) is -1.15. The summed E-state index contributed by atoms with van der Waals surface area (Å²) in [5.41, 5.74) is 5.28. The van der Waals surface area contributed by atoms with Crippen molar-refractivity contribution in [3.63, 3.8) is 0 Å². The maximum absolute atomic E-state index is 11.1. The molecular formula is C10H15NO3. The van der Waals surface area contributed by atoms with E-state index in [4.69, 9.17) is 10.8 Å². The van der Waals surface area contributed by atoms with Crippen LogP contribution in [-0.4, -0.2) is 17.0 Å². The number of hydrogen-bond acceptors (Lipinski definition) is 2. The molecule has 0 radical (unpaired) electrons. The van der Waals surface area contributed by atoms with E-state index in [1.54, 1.807) is 0 Å². The van der Waals surface area contributed by atoms with Crippen molar-refractivity contribution in [2.45, 2.75) is 25.7 Å². The van der Waals surface area contributed by atoms with E-state index < -0.39 is 5.97 Å². The lowest BCUT2D eigenvalue weighted by Crippen LogP contribution is -2.26. The van der Waals surface area contributed by atoms with E-state index in [2.05, 4.69) is 0 Å². The molecule has 0 spiro atoms. The van der Waals surface area contributed by atoms with Gasteiger partial charge in [0.25, 0.3) is 0 Å². The standard InChI is InChI=1S/C10H15NO3/c11-9(12)7-4-8(10(13)14)6-3-1-2-5(6)7/h5-8H,1-4H2,(H2,11,12)(H,13,14)/t5-,6+,7-,8+/m0/s1. The molecule has 2 fully saturated rings. The number of carboxylic acids is 1. The summed E-state index contributed by atoms with van der Waals surface area (Å²) in [4.78, 5) is 22.1. The van der Waals surface area contributed by atoms with E-state index in [9.17, 15) is 9.59 Å². The Balaban J connectivity index is 2.19. The fourth-order valence-electron chi connectivity index (χ4n) is 3.25. The predicted molar refractivity (Wildman–Crippen MR) is 49.3 cm³/mol. The zero-order chi connectivity index (χ0) is 10.3. The molecule has 2 aliphatic carbocycles. The summed E-state index contributed by atoms with van der Waals surface area (Å²) in [6, 6.07) is 0. The van der Waals surface area contributed by atoms with E-state index in [0.29, 0.717) is 6.42 Å². The lowest BCUT2D eigenvalue weighted by molar-refractivity contribution is -0.143. The van der Waals surface area contributed by atoms with Crippen LogP contribution in [-0.2, 0) is 9.59 Å². The van der Waals surface area contributed by atoms with Gasteiger partial charge >= 0.3 is 5.97 Å². The first-order valence-electron chi connectivity index (χ1n) is 5.13. The Hall–Kier alpha value is -1.06. The molecule has 0 saturated heterocycles. The number of fused-ring (bicyclic) bond motifs is 1. The molecule has 0 aromatic rings. The quantitative estimate of drug-likeness (QED) is 0.680. The largest absolute Gasteiger partial charge is 0.481 e. The Morgan fingerprint density at radius 3 is 2.21 bits per heavy atom. The van der Waals surface area contributed by atoms with Crippen LogP contribution in [0, 0.1) is 23.7 Å². The molecule has 0 aromatic carbocycles. The number of primary amides is 1. The van der Waals surface area contributed by atoms with E-state index >= 15 is 0 Å². The Labute approximate surface area is 82.5 Å². The van der Waals surface area contributed by atoms with Crippen LogP contribution in [0.1, 0.15) is 25.7 Å². The molecule has 0 heterocycles. The van der Waals surface area contributed by atoms with Gasteiger partial charge in [-0.25, -0.2) is 0 Å². The molecule has 1 amide bonds. The van der Waals surface area contributed by atoms with Crippen molar-refractivity contribution in [3.05, 3.63) is 0 Å². The van der Waals surface area contributed by atoms with Gasteiger partial charge in [-0.05, 0) is 31.1 Å². The first kappa shape index (κ1) is 9.49. The van der Waals surface area contributed by atoms with Crippen molar-refractivity contribution in [3.8, 4) is 0 Å². The van der Waals surface area contributed by atoms with Gasteiger partial charge in [0.2, 0.25) is 5.91 Å². The zero-order valence-electron chi connectivity index (χ0n) is 7.98. The molecule has 0 bridgehead atoms. The maximum atomic E-state index is 11.1. The fraction of sp³-hybridized carbons (Fsp3) is 0.800. The van der Waals surface area contributed by atoms with Gasteiger partial charge in [0.15, 0.2) is 0 Å². The summed E-state index contributed by atoms with van der Waals surface area (Å²) >= 11 is 0. The molecule has 0 aromatic heterocycles. The number of hydrogen-bond donors (Lipinski definition) is 2. The Morgan fingerprint density at radius 1 is 1.14 bits per heavy atom. The van der Waals surface area contributed by atoms with Gasteiger partial charge in [-0.2, -0.15) is 0 Å². The molecule has 0 unspecified atom stereocenters. The predicted octanol–water partition coefficient (Wildman–Crippen LogP) is 0.609. The SMILES string of the molecule is NC(=O)[C@H]1C[C@@H](C(=O)O)[C@@H]2CCC[C@@H]21. The zero-order valence-corrected chi connectivity index (χ0v) is 7.98. The smallest absolute Gasteiger partial charge is 0.306 e. The van der Waals surface area contributed by atoms with Crippen LogP contribution in [0.5, 0.6) is 0 Å².